The third-order valence-corrected chi connectivity index (χ3v) is 5.67. The van der Waals surface area contributed by atoms with Crippen molar-refractivity contribution in [2.24, 2.45) is 0 Å². The lowest BCUT2D eigenvalue weighted by molar-refractivity contribution is -0.111. The molecule has 6 nitrogen and oxygen atoms in total. The largest absolute Gasteiger partial charge is 0.477 e. The topological polar surface area (TPSA) is 88.4 Å². The van der Waals surface area contributed by atoms with Crippen LogP contribution in [0.15, 0.2) is 47.3 Å². The molecule has 0 atom stereocenters. The number of carbonyl (C=O) groups excluding carboxylic acids is 1. The van der Waals surface area contributed by atoms with E-state index in [1.54, 1.807) is 25.1 Å². The molecule has 0 unspecified atom stereocenters. The van der Waals surface area contributed by atoms with Crippen molar-refractivity contribution < 1.29 is 19.1 Å². The minimum absolute atomic E-state index is 0.116. The molecule has 158 valence electrons. The first-order valence-corrected chi connectivity index (χ1v) is 10.0. The lowest BCUT2D eigenvalue weighted by Gasteiger charge is -2.18. The van der Waals surface area contributed by atoms with Crippen molar-refractivity contribution in [3.05, 3.63) is 80.4 Å². The molecule has 1 aliphatic rings. The number of nitrogens with zero attached hydrogens (tertiary/aromatic N) is 1. The Hall–Kier alpha value is -3.45. The first kappa shape index (κ1) is 20.8. The van der Waals surface area contributed by atoms with Crippen molar-refractivity contribution in [3.63, 3.8) is 0 Å². The van der Waals surface area contributed by atoms with Crippen LogP contribution in [0.1, 0.15) is 40.4 Å². The zero-order valence-electron chi connectivity index (χ0n) is 16.5. The highest BCUT2D eigenvalue weighted by molar-refractivity contribution is 6.33. The van der Waals surface area contributed by atoms with Gasteiger partial charge < -0.3 is 15.0 Å². The summed E-state index contributed by atoms with van der Waals surface area (Å²) >= 11 is 6.19. The van der Waals surface area contributed by atoms with Gasteiger partial charge in [0.05, 0.1) is 16.2 Å². The SMILES string of the molecule is Cc1c(Cl)c(F)c(NC(=O)C=Cc2ccccc2)c2cc(C(=O)O)c(=O)n(C3CC3)c12. The van der Waals surface area contributed by atoms with Crippen LogP contribution in [0.25, 0.3) is 17.0 Å². The molecule has 0 bridgehead atoms. The standard InChI is InChI=1S/C23H18ClFN2O4/c1-12-18(24)19(25)20(26-17(28)10-7-13-5-3-2-4-6-13)15-11-16(23(30)31)22(29)27(21(12)15)14-8-9-14/h2-7,10-11,14H,8-9H2,1H3,(H,26,28)(H,30,31). The van der Waals surface area contributed by atoms with E-state index in [0.717, 1.165) is 11.6 Å². The van der Waals surface area contributed by atoms with Crippen molar-refractivity contribution in [2.45, 2.75) is 25.8 Å². The smallest absolute Gasteiger partial charge is 0.341 e. The molecule has 1 aliphatic carbocycles. The van der Waals surface area contributed by atoms with E-state index < -0.39 is 28.8 Å². The van der Waals surface area contributed by atoms with Gasteiger partial charge in [-0.25, -0.2) is 9.18 Å². The zero-order valence-corrected chi connectivity index (χ0v) is 17.2. The maximum absolute atomic E-state index is 15.1. The monoisotopic (exact) mass is 440 g/mol. The van der Waals surface area contributed by atoms with E-state index in [1.807, 2.05) is 18.2 Å². The summed E-state index contributed by atoms with van der Waals surface area (Å²) in [5.74, 6) is -2.92. The Morgan fingerprint density at radius 2 is 1.94 bits per heavy atom. The third-order valence-electron chi connectivity index (χ3n) is 5.22. The molecule has 2 N–H and O–H groups in total. The molecular weight excluding hydrogens is 423 g/mol. The zero-order chi connectivity index (χ0) is 22.3. The number of aromatic nitrogens is 1. The normalized spacial score (nSPS) is 13.6. The van der Waals surface area contributed by atoms with Gasteiger partial charge in [-0.3, -0.25) is 9.59 Å². The first-order chi connectivity index (χ1) is 14.8. The number of hydrogen-bond donors (Lipinski definition) is 2. The minimum atomic E-state index is -1.42. The van der Waals surface area contributed by atoms with Crippen LogP contribution in [0, 0.1) is 12.7 Å². The number of aryl methyl sites for hydroxylation is 1. The van der Waals surface area contributed by atoms with Gasteiger partial charge in [0, 0.05) is 17.5 Å². The van der Waals surface area contributed by atoms with E-state index in [9.17, 15) is 19.5 Å². The molecule has 0 spiro atoms. The van der Waals surface area contributed by atoms with Crippen LogP contribution in [0.2, 0.25) is 5.02 Å². The van der Waals surface area contributed by atoms with Gasteiger partial charge in [-0.2, -0.15) is 0 Å². The van der Waals surface area contributed by atoms with E-state index in [1.165, 1.54) is 10.6 Å². The average Bonchev–Trinajstić information content (AvgIpc) is 3.59. The molecule has 0 aliphatic heterocycles. The quantitative estimate of drug-likeness (QED) is 0.558. The molecule has 1 aromatic heterocycles. The van der Waals surface area contributed by atoms with E-state index in [4.69, 9.17) is 11.6 Å². The molecule has 3 aromatic rings. The number of halogens is 2. The minimum Gasteiger partial charge on any atom is -0.477 e. The van der Waals surface area contributed by atoms with Crippen LogP contribution < -0.4 is 10.9 Å². The molecule has 1 heterocycles. The van der Waals surface area contributed by atoms with Gasteiger partial charge in [-0.1, -0.05) is 41.9 Å². The Labute approximate surface area is 181 Å². The summed E-state index contributed by atoms with van der Waals surface area (Å²) in [5.41, 5.74) is -0.00425. The Balaban J connectivity index is 1.88. The summed E-state index contributed by atoms with van der Waals surface area (Å²) in [5, 5.41) is 11.9. The molecule has 2 aromatic carbocycles. The van der Waals surface area contributed by atoms with E-state index in [0.29, 0.717) is 23.9 Å². The van der Waals surface area contributed by atoms with Crippen LogP contribution in [0.4, 0.5) is 10.1 Å². The van der Waals surface area contributed by atoms with E-state index >= 15 is 4.39 Å². The number of anilines is 1. The van der Waals surface area contributed by atoms with Crippen LogP contribution >= 0.6 is 11.6 Å². The fourth-order valence-electron chi connectivity index (χ4n) is 3.56. The third kappa shape index (κ3) is 3.84. The Morgan fingerprint density at radius 1 is 1.26 bits per heavy atom. The fraction of sp³-hybridized carbons (Fsp3) is 0.174. The highest BCUT2D eigenvalue weighted by atomic mass is 35.5. The Kier molecular flexibility index (Phi) is 5.37. The number of benzene rings is 2. The fourth-order valence-corrected chi connectivity index (χ4v) is 3.75. The second-order valence-electron chi connectivity index (χ2n) is 7.39. The predicted octanol–water partition coefficient (Wildman–Crippen LogP) is 4.79. The number of aromatic carboxylic acids is 1. The summed E-state index contributed by atoms with van der Waals surface area (Å²) in [6, 6.07) is 9.99. The van der Waals surface area contributed by atoms with Gasteiger partial charge in [0.1, 0.15) is 5.56 Å². The van der Waals surface area contributed by atoms with Crippen LogP contribution in [0.3, 0.4) is 0 Å². The molecule has 1 amide bonds. The van der Waals surface area contributed by atoms with E-state index in [2.05, 4.69) is 5.32 Å². The molecule has 0 radical (unpaired) electrons. The van der Waals surface area contributed by atoms with Crippen molar-refractivity contribution in [1.29, 1.82) is 0 Å². The second kappa shape index (κ2) is 8.00. The lowest BCUT2D eigenvalue weighted by atomic mass is 10.0. The van der Waals surface area contributed by atoms with Crippen LogP contribution in [-0.4, -0.2) is 21.6 Å². The molecule has 1 saturated carbocycles. The molecular formula is C23H18ClFN2O4. The molecule has 1 fully saturated rings. The number of nitrogens with one attached hydrogen (secondary N) is 1. The number of carbonyl (C=O) groups is 2. The lowest BCUT2D eigenvalue weighted by Crippen LogP contribution is -2.27. The number of carboxylic acids is 1. The Bertz CT molecular complexity index is 1310. The summed E-state index contributed by atoms with van der Waals surface area (Å²) in [7, 11) is 0. The molecule has 0 saturated heterocycles. The molecule has 4 rings (SSSR count). The number of amides is 1. The maximum atomic E-state index is 15.1. The average molecular weight is 441 g/mol. The van der Waals surface area contributed by atoms with Crippen molar-refractivity contribution in [2.75, 3.05) is 5.32 Å². The van der Waals surface area contributed by atoms with Crippen molar-refractivity contribution >= 4 is 46.1 Å². The van der Waals surface area contributed by atoms with Gasteiger partial charge in [0.2, 0.25) is 5.91 Å². The van der Waals surface area contributed by atoms with Gasteiger partial charge in [0.25, 0.3) is 5.56 Å². The molecule has 8 heteroatoms. The van der Waals surface area contributed by atoms with Gasteiger partial charge in [-0.05, 0) is 43.0 Å². The second-order valence-corrected chi connectivity index (χ2v) is 7.77. The predicted molar refractivity (Wildman–Crippen MR) is 117 cm³/mol. The first-order valence-electron chi connectivity index (χ1n) is 9.63. The summed E-state index contributed by atoms with van der Waals surface area (Å²) in [4.78, 5) is 37.0. The Morgan fingerprint density at radius 3 is 2.55 bits per heavy atom. The van der Waals surface area contributed by atoms with Gasteiger partial charge in [-0.15, -0.1) is 0 Å². The van der Waals surface area contributed by atoms with Gasteiger partial charge >= 0.3 is 5.97 Å². The number of pyridine rings is 1. The van der Waals surface area contributed by atoms with E-state index in [-0.39, 0.29) is 22.1 Å². The number of rotatable bonds is 5. The summed E-state index contributed by atoms with van der Waals surface area (Å²) in [6.45, 7) is 1.56. The summed E-state index contributed by atoms with van der Waals surface area (Å²) < 4.78 is 16.4. The highest BCUT2D eigenvalue weighted by Gasteiger charge is 2.31. The van der Waals surface area contributed by atoms with Crippen LogP contribution in [-0.2, 0) is 4.79 Å². The number of carboxylic acid groups (broad SMARTS) is 1. The number of fused-ring (bicyclic) bond motifs is 1. The molecule has 31 heavy (non-hydrogen) atoms. The summed E-state index contributed by atoms with van der Waals surface area (Å²) in [6.07, 6.45) is 4.21. The van der Waals surface area contributed by atoms with Crippen LogP contribution in [0.5, 0.6) is 0 Å². The van der Waals surface area contributed by atoms with Crippen molar-refractivity contribution in [1.82, 2.24) is 4.57 Å². The van der Waals surface area contributed by atoms with Gasteiger partial charge in [0.15, 0.2) is 5.82 Å². The highest BCUT2D eigenvalue weighted by Crippen LogP contribution is 2.41. The van der Waals surface area contributed by atoms with Crippen molar-refractivity contribution in [3.8, 4) is 0 Å². The maximum Gasteiger partial charge on any atom is 0.341 e. The number of hydrogen-bond acceptors (Lipinski definition) is 3.